The van der Waals surface area contributed by atoms with Gasteiger partial charge in [-0.15, -0.1) is 0 Å². The zero-order chi connectivity index (χ0) is 32.5. The number of aryl methyl sites for hydroxylation is 2. The van der Waals surface area contributed by atoms with Gasteiger partial charge in [0, 0.05) is 40.9 Å². The summed E-state index contributed by atoms with van der Waals surface area (Å²) in [6.07, 6.45) is 1.60. The second kappa shape index (κ2) is 13.4. The average Bonchev–Trinajstić information content (AvgIpc) is 3.42. The van der Waals surface area contributed by atoms with Crippen molar-refractivity contribution < 1.29 is 32.7 Å². The Bertz CT molecular complexity index is 1900. The molecule has 0 radical (unpaired) electrons. The third-order valence-electron chi connectivity index (χ3n) is 8.50. The first-order chi connectivity index (χ1) is 22.2. The predicted octanol–water partition coefficient (Wildman–Crippen LogP) is 4.36. The Kier molecular flexibility index (Phi) is 9.37. The lowest BCUT2D eigenvalue weighted by Gasteiger charge is -2.22. The highest BCUT2D eigenvalue weighted by molar-refractivity contribution is 7.40. The minimum Gasteiger partial charge on any atom is -0.380 e. The molecule has 46 heavy (non-hydrogen) atoms. The fraction of sp³-hybridized carbons (Fsp3) is 0.333. The van der Waals surface area contributed by atoms with Crippen LogP contribution < -0.4 is 16.2 Å². The van der Waals surface area contributed by atoms with E-state index in [2.05, 4.69) is 10.6 Å². The number of carbonyl (C=O) groups excluding carboxylic acids is 2. The van der Waals surface area contributed by atoms with Crippen LogP contribution in [0.15, 0.2) is 41.2 Å². The molecule has 1 aliphatic carbocycles. The molecular formula is C33H34FN4O7P. The number of nitrogens with zero attached hydrogens (tertiary/aromatic N) is 2. The number of methoxy groups -OCH3 is 1. The Morgan fingerprint density at radius 2 is 1.93 bits per heavy atom. The molecule has 240 valence electrons. The number of pyridine rings is 2. The van der Waals surface area contributed by atoms with Crippen molar-refractivity contribution in [2.75, 3.05) is 26.0 Å². The van der Waals surface area contributed by atoms with Gasteiger partial charge in [0.1, 0.15) is 11.9 Å². The lowest BCUT2D eigenvalue weighted by molar-refractivity contribution is -0.115. The number of likely N-dealkylation sites (N-methyl/N-ethyl adjacent to an activating group) is 1. The topological polar surface area (TPSA) is 141 Å². The molecule has 1 amide bonds. The minimum absolute atomic E-state index is 0.0263. The molecule has 4 aromatic rings. The van der Waals surface area contributed by atoms with Gasteiger partial charge >= 0.3 is 8.60 Å². The Hall–Kier alpha value is -3.90. The van der Waals surface area contributed by atoms with Crippen LogP contribution in [-0.2, 0) is 56.0 Å². The van der Waals surface area contributed by atoms with Crippen molar-refractivity contribution in [3.63, 3.8) is 0 Å². The number of hydrogen-bond donors (Lipinski definition) is 3. The maximum atomic E-state index is 14.9. The molecule has 2 aliphatic rings. The standard InChI is InChI=1S/C33H34FN4O7P/c1-18-21-5-4-6-22-24-14-38-28(32(24)37-27(31(21)22)12-26(18)34)11-23(25(17-43-3)33(38)41)29(15-39)45-46(42)44-16-19-7-9-20(10-8-19)36-30(40)13-35-2/h7-12,15,29,35,42H,4-6,13-14,16-17H2,1-3H3,(H,36,40). The van der Waals surface area contributed by atoms with Gasteiger partial charge in [0.2, 0.25) is 5.91 Å². The van der Waals surface area contributed by atoms with Crippen molar-refractivity contribution in [1.82, 2.24) is 14.9 Å². The molecule has 2 unspecified atom stereocenters. The fourth-order valence-electron chi connectivity index (χ4n) is 6.33. The van der Waals surface area contributed by atoms with Crippen LogP contribution in [0.3, 0.4) is 0 Å². The van der Waals surface area contributed by atoms with Crippen molar-refractivity contribution in [2.45, 2.75) is 52.0 Å². The van der Waals surface area contributed by atoms with E-state index in [-0.39, 0.29) is 48.2 Å². The number of ether oxygens (including phenoxy) is 1. The summed E-state index contributed by atoms with van der Waals surface area (Å²) >= 11 is 0. The molecular weight excluding hydrogens is 614 g/mol. The van der Waals surface area contributed by atoms with E-state index in [1.807, 2.05) is 0 Å². The van der Waals surface area contributed by atoms with Gasteiger partial charge in [-0.25, -0.2) is 9.37 Å². The first-order valence-corrected chi connectivity index (χ1v) is 16.0. The summed E-state index contributed by atoms with van der Waals surface area (Å²) in [6, 6.07) is 9.98. The van der Waals surface area contributed by atoms with E-state index in [9.17, 15) is 23.7 Å². The van der Waals surface area contributed by atoms with Gasteiger partial charge in [-0.3, -0.25) is 14.1 Å². The number of aldehydes is 1. The van der Waals surface area contributed by atoms with Crippen LogP contribution >= 0.6 is 8.60 Å². The first-order valence-electron chi connectivity index (χ1n) is 14.9. The number of amides is 1. The Morgan fingerprint density at radius 1 is 1.17 bits per heavy atom. The van der Waals surface area contributed by atoms with Gasteiger partial charge in [-0.2, -0.15) is 0 Å². The first kappa shape index (κ1) is 32.1. The molecule has 3 heterocycles. The van der Waals surface area contributed by atoms with Gasteiger partial charge < -0.3 is 34.1 Å². The second-order valence-corrected chi connectivity index (χ2v) is 12.3. The maximum absolute atomic E-state index is 14.9. The van der Waals surface area contributed by atoms with Gasteiger partial charge in [-0.05, 0) is 73.7 Å². The monoisotopic (exact) mass is 648 g/mol. The van der Waals surface area contributed by atoms with Gasteiger partial charge in [0.15, 0.2) is 6.29 Å². The van der Waals surface area contributed by atoms with Crippen LogP contribution in [0.25, 0.3) is 22.3 Å². The highest BCUT2D eigenvalue weighted by Crippen LogP contribution is 2.44. The highest BCUT2D eigenvalue weighted by atomic mass is 31.2. The molecule has 0 spiro atoms. The molecule has 0 bridgehead atoms. The summed E-state index contributed by atoms with van der Waals surface area (Å²) in [5.41, 5.74) is 6.59. The zero-order valence-electron chi connectivity index (χ0n) is 25.7. The van der Waals surface area contributed by atoms with Gasteiger partial charge in [-0.1, -0.05) is 12.1 Å². The molecule has 2 aromatic carbocycles. The van der Waals surface area contributed by atoms with E-state index >= 15 is 0 Å². The molecule has 0 saturated heterocycles. The van der Waals surface area contributed by atoms with E-state index in [0.29, 0.717) is 46.5 Å². The van der Waals surface area contributed by atoms with Crippen LogP contribution in [0.1, 0.15) is 51.5 Å². The third-order valence-corrected chi connectivity index (χ3v) is 9.26. The third kappa shape index (κ3) is 6.00. The molecule has 3 N–H and O–H groups in total. The van der Waals surface area contributed by atoms with Crippen LogP contribution in [0.4, 0.5) is 10.1 Å². The van der Waals surface area contributed by atoms with Crippen LogP contribution in [-0.4, -0.2) is 47.3 Å². The number of anilines is 1. The summed E-state index contributed by atoms with van der Waals surface area (Å²) in [5, 5.41) is 6.49. The molecule has 0 fully saturated rings. The average molecular weight is 649 g/mol. The van der Waals surface area contributed by atoms with E-state index in [1.54, 1.807) is 48.9 Å². The highest BCUT2D eigenvalue weighted by Gasteiger charge is 2.33. The van der Waals surface area contributed by atoms with E-state index in [4.69, 9.17) is 18.8 Å². The Balaban J connectivity index is 1.28. The molecule has 13 heteroatoms. The maximum Gasteiger partial charge on any atom is 0.331 e. The fourth-order valence-corrected chi connectivity index (χ4v) is 7.01. The number of nitrogens with one attached hydrogen (secondary N) is 2. The molecule has 11 nitrogen and oxygen atoms in total. The van der Waals surface area contributed by atoms with E-state index < -0.39 is 14.7 Å². The lowest BCUT2D eigenvalue weighted by Crippen LogP contribution is -2.27. The molecule has 2 aromatic heterocycles. The van der Waals surface area contributed by atoms with E-state index in [0.717, 1.165) is 41.3 Å². The predicted molar refractivity (Wildman–Crippen MR) is 171 cm³/mol. The van der Waals surface area contributed by atoms with Gasteiger partial charge in [0.05, 0.1) is 43.2 Å². The summed E-state index contributed by atoms with van der Waals surface area (Å²) < 4.78 is 33.0. The van der Waals surface area contributed by atoms with Crippen molar-refractivity contribution in [2.24, 2.45) is 0 Å². The Labute approximate surface area is 265 Å². The molecule has 1 aliphatic heterocycles. The number of carbonyl (C=O) groups is 2. The second-order valence-electron chi connectivity index (χ2n) is 11.4. The summed E-state index contributed by atoms with van der Waals surface area (Å²) in [6.45, 7) is 2.16. The van der Waals surface area contributed by atoms with Crippen LogP contribution in [0.2, 0.25) is 0 Å². The lowest BCUT2D eigenvalue weighted by atomic mass is 9.85. The van der Waals surface area contributed by atoms with E-state index in [1.165, 1.54) is 13.2 Å². The smallest absolute Gasteiger partial charge is 0.331 e. The van der Waals surface area contributed by atoms with Crippen LogP contribution in [0.5, 0.6) is 0 Å². The SMILES string of the molecule is CNCC(=O)Nc1ccc(COP(O)OC(C=O)c2cc3n(c(=O)c2COC)Cc2c-3nc3cc(F)c(C)c4c3c2CCC4)cc1. The number of fused-ring (bicyclic) bond motifs is 4. The summed E-state index contributed by atoms with van der Waals surface area (Å²) in [5.74, 6) is -0.495. The Morgan fingerprint density at radius 3 is 2.65 bits per heavy atom. The zero-order valence-corrected chi connectivity index (χ0v) is 26.6. The van der Waals surface area contributed by atoms with Crippen molar-refractivity contribution >= 4 is 37.4 Å². The number of hydrogen-bond acceptors (Lipinski definition) is 9. The quantitative estimate of drug-likeness (QED) is 0.133. The molecule has 2 atom stereocenters. The molecule has 6 rings (SSSR count). The van der Waals surface area contributed by atoms with Crippen molar-refractivity contribution in [3.05, 3.63) is 91.5 Å². The molecule has 0 saturated carbocycles. The normalized spacial score (nSPS) is 14.5. The number of halogens is 1. The number of rotatable bonds is 12. The largest absolute Gasteiger partial charge is 0.380 e. The van der Waals surface area contributed by atoms with Crippen LogP contribution in [0, 0.1) is 12.7 Å². The van der Waals surface area contributed by atoms with Crippen molar-refractivity contribution in [1.29, 1.82) is 0 Å². The van der Waals surface area contributed by atoms with Gasteiger partial charge in [0.25, 0.3) is 5.56 Å². The van der Waals surface area contributed by atoms with Crippen molar-refractivity contribution in [3.8, 4) is 11.4 Å². The number of aromatic nitrogens is 2. The minimum atomic E-state index is -2.54. The summed E-state index contributed by atoms with van der Waals surface area (Å²) in [4.78, 5) is 53.5. The summed E-state index contributed by atoms with van der Waals surface area (Å²) in [7, 11) is 0.586. The number of benzene rings is 2.